The van der Waals surface area contributed by atoms with E-state index in [-0.39, 0.29) is 25.5 Å². The monoisotopic (exact) mass is 470 g/mol. The molecule has 2 N–H and O–H groups in total. The summed E-state index contributed by atoms with van der Waals surface area (Å²) in [5, 5.41) is 14.5. The van der Waals surface area contributed by atoms with E-state index < -0.39 is 12.2 Å². The second-order valence-electron chi connectivity index (χ2n) is 7.24. The van der Waals surface area contributed by atoms with Crippen molar-refractivity contribution in [3.63, 3.8) is 0 Å². The van der Waals surface area contributed by atoms with Gasteiger partial charge in [-0.1, -0.05) is 65.7 Å². The quantitative estimate of drug-likeness (QED) is 0.476. The van der Waals surface area contributed by atoms with Gasteiger partial charge in [-0.25, -0.2) is 0 Å². The number of halogens is 2. The standard InChI is InChI=1S/C24H20Cl2N2O4/c25-18-9-5-10-19(26)22(18)27-20-11-4-1-6-15(20)14-21(29)32-13-12-28-23(30)16-7-2-3-8-17(16)24(28)31/h1-11,23,27,30H,12-14H2. The highest BCUT2D eigenvalue weighted by Crippen LogP contribution is 2.34. The van der Waals surface area contributed by atoms with Gasteiger partial charge >= 0.3 is 5.97 Å². The molecule has 3 aromatic rings. The van der Waals surface area contributed by atoms with Crippen LogP contribution in [-0.2, 0) is 16.0 Å². The molecule has 0 saturated heterocycles. The van der Waals surface area contributed by atoms with E-state index in [4.69, 9.17) is 27.9 Å². The van der Waals surface area contributed by atoms with Gasteiger partial charge < -0.3 is 20.1 Å². The second kappa shape index (κ2) is 9.61. The van der Waals surface area contributed by atoms with Crippen LogP contribution in [0.25, 0.3) is 0 Å². The van der Waals surface area contributed by atoms with E-state index in [9.17, 15) is 14.7 Å². The van der Waals surface area contributed by atoms with Crippen molar-refractivity contribution in [3.8, 4) is 0 Å². The molecule has 1 atom stereocenters. The van der Waals surface area contributed by atoms with Crippen LogP contribution in [-0.4, -0.2) is 35.0 Å². The van der Waals surface area contributed by atoms with Crippen LogP contribution >= 0.6 is 23.2 Å². The van der Waals surface area contributed by atoms with Gasteiger partial charge in [0, 0.05) is 16.8 Å². The number of para-hydroxylation sites is 2. The Balaban J connectivity index is 1.36. The molecule has 0 aliphatic carbocycles. The van der Waals surface area contributed by atoms with Crippen LogP contribution in [0.4, 0.5) is 11.4 Å². The Morgan fingerprint density at radius 1 is 1.00 bits per heavy atom. The molecule has 0 aromatic heterocycles. The molecule has 1 aliphatic heterocycles. The van der Waals surface area contributed by atoms with Crippen molar-refractivity contribution >= 4 is 46.5 Å². The summed E-state index contributed by atoms with van der Waals surface area (Å²) in [5.74, 6) is -0.738. The third-order valence-corrected chi connectivity index (χ3v) is 5.83. The Morgan fingerprint density at radius 3 is 2.44 bits per heavy atom. The van der Waals surface area contributed by atoms with Crippen LogP contribution in [0.15, 0.2) is 66.7 Å². The topological polar surface area (TPSA) is 78.9 Å². The highest BCUT2D eigenvalue weighted by atomic mass is 35.5. The molecule has 0 fully saturated rings. The smallest absolute Gasteiger partial charge is 0.310 e. The number of hydrogen-bond acceptors (Lipinski definition) is 5. The van der Waals surface area contributed by atoms with Gasteiger partial charge in [-0.3, -0.25) is 9.59 Å². The number of rotatable bonds is 7. The molecule has 0 radical (unpaired) electrons. The Morgan fingerprint density at radius 2 is 1.69 bits per heavy atom. The van der Waals surface area contributed by atoms with Crippen molar-refractivity contribution in [1.82, 2.24) is 4.90 Å². The second-order valence-corrected chi connectivity index (χ2v) is 8.05. The number of nitrogens with zero attached hydrogens (tertiary/aromatic N) is 1. The van der Waals surface area contributed by atoms with Crippen LogP contribution < -0.4 is 5.32 Å². The van der Waals surface area contributed by atoms with E-state index in [0.29, 0.717) is 38.1 Å². The van der Waals surface area contributed by atoms with Crippen LogP contribution in [0, 0.1) is 0 Å². The number of aliphatic hydroxyl groups excluding tert-OH is 1. The van der Waals surface area contributed by atoms with Gasteiger partial charge in [-0.15, -0.1) is 0 Å². The number of carbonyl (C=O) groups excluding carboxylic acids is 2. The van der Waals surface area contributed by atoms with E-state index in [1.165, 1.54) is 4.90 Å². The highest BCUT2D eigenvalue weighted by molar-refractivity contribution is 6.39. The number of ether oxygens (including phenoxy) is 1. The lowest BCUT2D eigenvalue weighted by atomic mass is 10.1. The fourth-order valence-electron chi connectivity index (χ4n) is 3.59. The Hall–Kier alpha value is -3.06. The fourth-order valence-corrected chi connectivity index (χ4v) is 4.08. The lowest BCUT2D eigenvalue weighted by Crippen LogP contribution is -2.32. The van der Waals surface area contributed by atoms with Gasteiger partial charge in [0.05, 0.1) is 28.7 Å². The van der Waals surface area contributed by atoms with Crippen LogP contribution in [0.3, 0.4) is 0 Å². The van der Waals surface area contributed by atoms with Gasteiger partial charge in [0.2, 0.25) is 0 Å². The highest BCUT2D eigenvalue weighted by Gasteiger charge is 2.34. The first kappa shape index (κ1) is 22.1. The minimum Gasteiger partial charge on any atom is -0.464 e. The van der Waals surface area contributed by atoms with E-state index in [1.807, 2.05) is 18.2 Å². The first-order chi connectivity index (χ1) is 15.5. The average Bonchev–Trinajstić information content (AvgIpc) is 3.02. The van der Waals surface area contributed by atoms with Crippen molar-refractivity contribution in [2.24, 2.45) is 0 Å². The molecule has 3 aromatic carbocycles. The lowest BCUT2D eigenvalue weighted by Gasteiger charge is -2.20. The number of benzene rings is 3. The van der Waals surface area contributed by atoms with Crippen molar-refractivity contribution in [1.29, 1.82) is 0 Å². The molecule has 0 spiro atoms. The maximum absolute atomic E-state index is 12.4. The average molecular weight is 471 g/mol. The Labute approximate surface area is 195 Å². The number of anilines is 2. The lowest BCUT2D eigenvalue weighted by molar-refractivity contribution is -0.143. The summed E-state index contributed by atoms with van der Waals surface area (Å²) in [7, 11) is 0. The summed E-state index contributed by atoms with van der Waals surface area (Å²) in [6.45, 7) is 0.0666. The Bertz CT molecular complexity index is 1150. The van der Waals surface area contributed by atoms with Gasteiger partial charge in [-0.05, 0) is 29.8 Å². The predicted octanol–water partition coefficient (Wildman–Crippen LogP) is 4.97. The van der Waals surface area contributed by atoms with Crippen molar-refractivity contribution in [2.45, 2.75) is 12.6 Å². The number of carbonyl (C=O) groups is 2. The van der Waals surface area contributed by atoms with Crippen molar-refractivity contribution in [3.05, 3.63) is 93.5 Å². The molecule has 1 amide bonds. The van der Waals surface area contributed by atoms with E-state index in [1.54, 1.807) is 48.5 Å². The molecule has 0 saturated carbocycles. The maximum atomic E-state index is 12.4. The van der Waals surface area contributed by atoms with E-state index in [0.717, 1.165) is 0 Å². The summed E-state index contributed by atoms with van der Waals surface area (Å²) in [5.41, 5.74) is 2.96. The molecular weight excluding hydrogens is 451 g/mol. The maximum Gasteiger partial charge on any atom is 0.310 e. The predicted molar refractivity (Wildman–Crippen MR) is 123 cm³/mol. The molecule has 8 heteroatoms. The van der Waals surface area contributed by atoms with Crippen LogP contribution in [0.1, 0.15) is 27.7 Å². The fraction of sp³-hybridized carbons (Fsp3) is 0.167. The minimum absolute atomic E-state index is 0.0158. The normalized spacial score (nSPS) is 14.9. The third-order valence-electron chi connectivity index (χ3n) is 5.20. The summed E-state index contributed by atoms with van der Waals surface area (Å²) >= 11 is 12.5. The summed E-state index contributed by atoms with van der Waals surface area (Å²) in [6.07, 6.45) is -1.02. The number of amides is 1. The molecule has 32 heavy (non-hydrogen) atoms. The molecule has 0 bridgehead atoms. The zero-order valence-electron chi connectivity index (χ0n) is 16.9. The molecule has 1 aliphatic rings. The third kappa shape index (κ3) is 4.58. The van der Waals surface area contributed by atoms with Gasteiger partial charge in [0.25, 0.3) is 5.91 Å². The van der Waals surface area contributed by atoms with E-state index in [2.05, 4.69) is 5.32 Å². The molecular formula is C24H20Cl2N2O4. The first-order valence-corrected chi connectivity index (χ1v) is 10.7. The molecule has 6 nitrogen and oxygen atoms in total. The summed E-state index contributed by atoms with van der Waals surface area (Å²) < 4.78 is 5.33. The van der Waals surface area contributed by atoms with Crippen molar-refractivity contribution in [2.75, 3.05) is 18.5 Å². The largest absolute Gasteiger partial charge is 0.464 e. The van der Waals surface area contributed by atoms with Crippen molar-refractivity contribution < 1.29 is 19.4 Å². The number of hydrogen-bond donors (Lipinski definition) is 2. The van der Waals surface area contributed by atoms with Gasteiger partial charge in [0.15, 0.2) is 6.23 Å². The number of esters is 1. The summed E-state index contributed by atoms with van der Waals surface area (Å²) in [6, 6.07) is 19.4. The zero-order valence-corrected chi connectivity index (χ0v) is 18.4. The Kier molecular flexibility index (Phi) is 6.65. The van der Waals surface area contributed by atoms with Crippen LogP contribution in [0.5, 0.6) is 0 Å². The first-order valence-electron chi connectivity index (χ1n) is 9.98. The zero-order chi connectivity index (χ0) is 22.7. The molecule has 164 valence electrons. The minimum atomic E-state index is -1.04. The number of fused-ring (bicyclic) bond motifs is 1. The molecule has 1 unspecified atom stereocenters. The van der Waals surface area contributed by atoms with Gasteiger partial charge in [-0.2, -0.15) is 0 Å². The summed E-state index contributed by atoms with van der Waals surface area (Å²) in [4.78, 5) is 26.2. The SMILES string of the molecule is O=C(Cc1ccccc1Nc1c(Cl)cccc1Cl)OCCN1C(=O)c2ccccc2C1O. The number of aliphatic hydroxyl groups is 1. The van der Waals surface area contributed by atoms with E-state index >= 15 is 0 Å². The molecule has 4 rings (SSSR count). The van der Waals surface area contributed by atoms with Crippen LogP contribution in [0.2, 0.25) is 10.0 Å². The number of nitrogens with one attached hydrogen (secondary N) is 1. The molecule has 1 heterocycles. The van der Waals surface area contributed by atoms with Gasteiger partial charge in [0.1, 0.15) is 6.61 Å².